The van der Waals surface area contributed by atoms with Gasteiger partial charge < -0.3 is 10.7 Å². The highest BCUT2D eigenvalue weighted by atomic mass is 32.2. The Morgan fingerprint density at radius 2 is 2.00 bits per heavy atom. The summed E-state index contributed by atoms with van der Waals surface area (Å²) in [5.74, 6) is -0.277. The number of aromatic nitrogens is 2. The predicted molar refractivity (Wildman–Crippen MR) is 79.2 cm³/mol. The van der Waals surface area contributed by atoms with Crippen molar-refractivity contribution in [3.63, 3.8) is 0 Å². The van der Waals surface area contributed by atoms with Crippen molar-refractivity contribution >= 4 is 22.8 Å². The van der Waals surface area contributed by atoms with Crippen LogP contribution in [0.2, 0.25) is 0 Å². The summed E-state index contributed by atoms with van der Waals surface area (Å²) in [6.45, 7) is 1.78. The minimum absolute atomic E-state index is 0.277. The van der Waals surface area contributed by atoms with Crippen LogP contribution in [0.5, 0.6) is 0 Å². The largest absolute Gasteiger partial charge is 0.333 e. The number of nitrogens with one attached hydrogen (secondary N) is 1. The Kier molecular flexibility index (Phi) is 3.46. The molecule has 1 aromatic heterocycles. The van der Waals surface area contributed by atoms with Gasteiger partial charge in [0.25, 0.3) is 0 Å². The van der Waals surface area contributed by atoms with E-state index in [1.54, 1.807) is 13.0 Å². The van der Waals surface area contributed by atoms with Crippen LogP contribution in [0, 0.1) is 5.82 Å². The number of hydrogen-bond donors (Lipinski definition) is 2. The van der Waals surface area contributed by atoms with Crippen LogP contribution < -0.4 is 5.73 Å². The molecule has 3 rings (SSSR count). The highest BCUT2D eigenvalue weighted by Gasteiger charge is 2.14. The Morgan fingerprint density at radius 3 is 2.75 bits per heavy atom. The van der Waals surface area contributed by atoms with E-state index in [0.29, 0.717) is 5.56 Å². The number of benzene rings is 2. The molecule has 1 atom stereocenters. The van der Waals surface area contributed by atoms with E-state index in [1.165, 1.54) is 17.8 Å². The van der Waals surface area contributed by atoms with Gasteiger partial charge in [-0.25, -0.2) is 9.37 Å². The third kappa shape index (κ3) is 2.42. The average molecular weight is 287 g/mol. The van der Waals surface area contributed by atoms with Gasteiger partial charge >= 0.3 is 0 Å². The number of fused-ring (bicyclic) bond motifs is 1. The average Bonchev–Trinajstić information content (AvgIpc) is 2.80. The number of para-hydroxylation sites is 2. The van der Waals surface area contributed by atoms with Gasteiger partial charge in [-0.05, 0) is 31.2 Å². The zero-order valence-electron chi connectivity index (χ0n) is 10.9. The van der Waals surface area contributed by atoms with Crippen molar-refractivity contribution in [2.75, 3.05) is 0 Å². The van der Waals surface area contributed by atoms with Gasteiger partial charge in [0.1, 0.15) is 5.82 Å². The van der Waals surface area contributed by atoms with E-state index in [1.807, 2.05) is 30.3 Å². The lowest BCUT2D eigenvalue weighted by atomic mass is 10.1. The van der Waals surface area contributed by atoms with Crippen LogP contribution in [0.25, 0.3) is 11.0 Å². The Hall–Kier alpha value is -1.85. The van der Waals surface area contributed by atoms with Crippen molar-refractivity contribution in [3.05, 3.63) is 53.8 Å². The summed E-state index contributed by atoms with van der Waals surface area (Å²) < 4.78 is 13.9. The molecule has 0 bridgehead atoms. The lowest BCUT2D eigenvalue weighted by Crippen LogP contribution is -2.09. The summed E-state index contributed by atoms with van der Waals surface area (Å²) in [4.78, 5) is 8.49. The second-order valence-electron chi connectivity index (χ2n) is 4.60. The van der Waals surface area contributed by atoms with Crippen molar-refractivity contribution < 1.29 is 4.39 Å². The molecule has 0 saturated heterocycles. The fraction of sp³-hybridized carbons (Fsp3) is 0.133. The second kappa shape index (κ2) is 5.26. The summed E-state index contributed by atoms with van der Waals surface area (Å²) in [5, 5.41) is 0.735. The van der Waals surface area contributed by atoms with Crippen LogP contribution >= 0.6 is 11.8 Å². The lowest BCUT2D eigenvalue weighted by Gasteiger charge is -2.12. The maximum Gasteiger partial charge on any atom is 0.171 e. The summed E-state index contributed by atoms with van der Waals surface area (Å²) in [7, 11) is 0. The molecule has 0 aliphatic rings. The monoisotopic (exact) mass is 287 g/mol. The van der Waals surface area contributed by atoms with Crippen LogP contribution in [0.4, 0.5) is 4.39 Å². The van der Waals surface area contributed by atoms with Crippen LogP contribution in [0.1, 0.15) is 18.5 Å². The molecule has 0 spiro atoms. The fourth-order valence-corrected chi connectivity index (χ4v) is 3.18. The number of imidazole rings is 1. The van der Waals surface area contributed by atoms with Gasteiger partial charge in [0, 0.05) is 16.5 Å². The highest BCUT2D eigenvalue weighted by Crippen LogP contribution is 2.33. The van der Waals surface area contributed by atoms with Crippen molar-refractivity contribution in [2.45, 2.75) is 23.0 Å². The topological polar surface area (TPSA) is 54.7 Å². The molecule has 0 unspecified atom stereocenters. The molecule has 0 fully saturated rings. The number of H-pyrrole nitrogens is 1. The van der Waals surface area contributed by atoms with Crippen molar-refractivity contribution in [1.82, 2.24) is 9.97 Å². The maximum atomic E-state index is 13.9. The third-order valence-corrected chi connectivity index (χ3v) is 4.01. The van der Waals surface area contributed by atoms with Gasteiger partial charge in [0.2, 0.25) is 0 Å². The molecule has 0 saturated carbocycles. The van der Waals surface area contributed by atoms with Gasteiger partial charge in [-0.3, -0.25) is 0 Å². The zero-order chi connectivity index (χ0) is 14.1. The van der Waals surface area contributed by atoms with E-state index in [0.717, 1.165) is 21.1 Å². The first kappa shape index (κ1) is 13.1. The Morgan fingerprint density at radius 1 is 1.20 bits per heavy atom. The van der Waals surface area contributed by atoms with Crippen molar-refractivity contribution in [3.8, 4) is 0 Å². The molecule has 20 heavy (non-hydrogen) atoms. The molecule has 0 aliphatic heterocycles. The summed E-state index contributed by atoms with van der Waals surface area (Å²) in [5.41, 5.74) is 8.25. The second-order valence-corrected chi connectivity index (χ2v) is 5.63. The number of nitrogens with zero attached hydrogens (tertiary/aromatic N) is 1. The molecule has 102 valence electrons. The standard InChI is InChI=1S/C15H14FN3S/c1-9(17)14-10(16)5-4-8-13(14)20-15-18-11-6-2-3-7-12(11)19-15/h2-9H,17H2,1H3,(H,18,19)/t9-/m0/s1. The van der Waals surface area contributed by atoms with E-state index in [2.05, 4.69) is 9.97 Å². The maximum absolute atomic E-state index is 13.9. The van der Waals surface area contributed by atoms with Crippen molar-refractivity contribution in [2.24, 2.45) is 5.73 Å². The number of nitrogens with two attached hydrogens (primary N) is 1. The molecule has 2 aromatic carbocycles. The molecule has 0 aliphatic carbocycles. The SMILES string of the molecule is C[C@H](N)c1c(F)cccc1Sc1nc2ccccc2[nH]1. The fourth-order valence-electron chi connectivity index (χ4n) is 2.13. The van der Waals surface area contributed by atoms with Crippen LogP contribution in [-0.4, -0.2) is 9.97 Å². The Bertz CT molecular complexity index is 719. The first-order valence-corrected chi connectivity index (χ1v) is 7.13. The van der Waals surface area contributed by atoms with Gasteiger partial charge in [-0.2, -0.15) is 0 Å². The lowest BCUT2D eigenvalue weighted by molar-refractivity contribution is 0.585. The minimum atomic E-state index is -0.358. The first-order valence-electron chi connectivity index (χ1n) is 6.32. The molecule has 3 nitrogen and oxygen atoms in total. The van der Waals surface area contributed by atoms with Crippen LogP contribution in [-0.2, 0) is 0 Å². The summed E-state index contributed by atoms with van der Waals surface area (Å²) in [6.07, 6.45) is 0. The third-order valence-electron chi connectivity index (χ3n) is 3.04. The van der Waals surface area contributed by atoms with Crippen molar-refractivity contribution in [1.29, 1.82) is 0 Å². The molecule has 3 N–H and O–H groups in total. The van der Waals surface area contributed by atoms with Gasteiger partial charge in [0.15, 0.2) is 5.16 Å². The van der Waals surface area contributed by atoms with E-state index in [9.17, 15) is 4.39 Å². The number of hydrogen-bond acceptors (Lipinski definition) is 3. The highest BCUT2D eigenvalue weighted by molar-refractivity contribution is 7.99. The van der Waals surface area contributed by atoms with Gasteiger partial charge in [-0.15, -0.1) is 0 Å². The molecule has 0 amide bonds. The van der Waals surface area contributed by atoms with Gasteiger partial charge in [0.05, 0.1) is 11.0 Å². The Balaban J connectivity index is 2.00. The van der Waals surface area contributed by atoms with E-state index < -0.39 is 0 Å². The quantitative estimate of drug-likeness (QED) is 0.768. The number of halogens is 1. The molecule has 1 heterocycles. The van der Waals surface area contributed by atoms with E-state index in [-0.39, 0.29) is 11.9 Å². The normalized spacial score (nSPS) is 12.8. The summed E-state index contributed by atoms with van der Waals surface area (Å²) >= 11 is 1.40. The minimum Gasteiger partial charge on any atom is -0.333 e. The number of rotatable bonds is 3. The molecule has 0 radical (unpaired) electrons. The zero-order valence-corrected chi connectivity index (χ0v) is 11.7. The number of aromatic amines is 1. The smallest absolute Gasteiger partial charge is 0.171 e. The van der Waals surface area contributed by atoms with E-state index in [4.69, 9.17) is 5.73 Å². The molecular weight excluding hydrogens is 273 g/mol. The molecule has 5 heteroatoms. The molecular formula is C15H14FN3S. The predicted octanol–water partition coefficient (Wildman–Crippen LogP) is 3.87. The van der Waals surface area contributed by atoms with Crippen LogP contribution in [0.3, 0.4) is 0 Å². The first-order chi connectivity index (χ1) is 9.65. The Labute approximate surface area is 120 Å². The van der Waals surface area contributed by atoms with Crippen LogP contribution in [0.15, 0.2) is 52.5 Å². The molecule has 3 aromatic rings. The summed E-state index contributed by atoms with van der Waals surface area (Å²) in [6, 6.07) is 12.4. The van der Waals surface area contributed by atoms with Gasteiger partial charge in [-0.1, -0.05) is 30.0 Å². The van der Waals surface area contributed by atoms with E-state index >= 15 is 0 Å².